The number of carbonyl (C=O) groups is 1. The second-order valence-corrected chi connectivity index (χ2v) is 5.23. The molecule has 0 unspecified atom stereocenters. The largest absolute Gasteiger partial charge is 0.478 e. The van der Waals surface area contributed by atoms with Gasteiger partial charge in [0, 0.05) is 4.90 Å². The van der Waals surface area contributed by atoms with Crippen LogP contribution < -0.4 is 0 Å². The van der Waals surface area contributed by atoms with Crippen LogP contribution in [0.3, 0.4) is 0 Å². The first-order valence-electron chi connectivity index (χ1n) is 4.57. The Morgan fingerprint density at radius 3 is 2.88 bits per heavy atom. The molecule has 0 spiro atoms. The third kappa shape index (κ3) is 2.80. The maximum atomic E-state index is 13.1. The SMILES string of the molecule is Cc1nsc(Sc2ccc(F)c(C(=O)O)c2)n1. The van der Waals surface area contributed by atoms with Crippen molar-refractivity contribution in [2.24, 2.45) is 0 Å². The highest BCUT2D eigenvalue weighted by Gasteiger charge is 2.12. The van der Waals surface area contributed by atoms with E-state index in [9.17, 15) is 9.18 Å². The van der Waals surface area contributed by atoms with Crippen LogP contribution in [0.15, 0.2) is 27.4 Å². The number of nitrogens with zero attached hydrogens (tertiary/aromatic N) is 2. The number of aryl methyl sites for hydroxylation is 1. The molecule has 1 aromatic heterocycles. The third-order valence-corrected chi connectivity index (χ3v) is 3.71. The summed E-state index contributed by atoms with van der Waals surface area (Å²) in [6, 6.07) is 3.95. The van der Waals surface area contributed by atoms with Crippen LogP contribution in [0.4, 0.5) is 4.39 Å². The van der Waals surface area contributed by atoms with E-state index < -0.39 is 11.8 Å². The molecule has 7 heteroatoms. The Kier molecular flexibility index (Phi) is 3.39. The maximum Gasteiger partial charge on any atom is 0.338 e. The van der Waals surface area contributed by atoms with Gasteiger partial charge < -0.3 is 5.11 Å². The number of halogens is 1. The van der Waals surface area contributed by atoms with Crippen molar-refractivity contribution in [2.75, 3.05) is 0 Å². The molecule has 0 saturated carbocycles. The Morgan fingerprint density at radius 1 is 1.53 bits per heavy atom. The maximum absolute atomic E-state index is 13.1. The van der Waals surface area contributed by atoms with Crippen LogP contribution in [0.5, 0.6) is 0 Å². The van der Waals surface area contributed by atoms with E-state index in [1.807, 2.05) is 0 Å². The van der Waals surface area contributed by atoms with Gasteiger partial charge in [-0.05, 0) is 36.7 Å². The molecule has 1 aromatic carbocycles. The van der Waals surface area contributed by atoms with Gasteiger partial charge in [-0.25, -0.2) is 14.2 Å². The zero-order valence-corrected chi connectivity index (χ0v) is 10.3. The van der Waals surface area contributed by atoms with Crippen molar-refractivity contribution < 1.29 is 14.3 Å². The van der Waals surface area contributed by atoms with Crippen molar-refractivity contribution in [3.63, 3.8) is 0 Å². The van der Waals surface area contributed by atoms with Crippen LogP contribution in [-0.4, -0.2) is 20.4 Å². The zero-order valence-electron chi connectivity index (χ0n) is 8.68. The second kappa shape index (κ2) is 4.80. The minimum atomic E-state index is -1.28. The lowest BCUT2D eigenvalue weighted by Gasteiger charge is -2.00. The molecule has 17 heavy (non-hydrogen) atoms. The van der Waals surface area contributed by atoms with E-state index in [0.717, 1.165) is 6.07 Å². The molecule has 0 atom stereocenters. The predicted molar refractivity (Wildman–Crippen MR) is 62.1 cm³/mol. The lowest BCUT2D eigenvalue weighted by molar-refractivity contribution is 0.0691. The van der Waals surface area contributed by atoms with Gasteiger partial charge in [-0.15, -0.1) is 0 Å². The minimum Gasteiger partial charge on any atom is -0.478 e. The summed E-state index contributed by atoms with van der Waals surface area (Å²) in [5.74, 6) is -1.35. The van der Waals surface area contributed by atoms with Crippen molar-refractivity contribution in [2.45, 2.75) is 16.2 Å². The van der Waals surface area contributed by atoms with Crippen LogP contribution in [0.2, 0.25) is 0 Å². The molecule has 0 bridgehead atoms. The number of rotatable bonds is 3. The Labute approximate surface area is 105 Å². The molecule has 4 nitrogen and oxygen atoms in total. The lowest BCUT2D eigenvalue weighted by Crippen LogP contribution is -2.00. The number of carboxylic acids is 1. The molecule has 88 valence electrons. The van der Waals surface area contributed by atoms with E-state index in [2.05, 4.69) is 9.36 Å². The van der Waals surface area contributed by atoms with E-state index in [1.165, 1.54) is 35.4 Å². The normalized spacial score (nSPS) is 10.5. The smallest absolute Gasteiger partial charge is 0.338 e. The highest BCUT2D eigenvalue weighted by atomic mass is 32.2. The summed E-state index contributed by atoms with van der Waals surface area (Å²) in [6.07, 6.45) is 0. The predicted octanol–water partition coefficient (Wildman–Crippen LogP) is 2.84. The Balaban J connectivity index is 2.28. The number of hydrogen-bond acceptors (Lipinski definition) is 5. The third-order valence-electron chi connectivity index (χ3n) is 1.88. The molecule has 1 heterocycles. The summed E-state index contributed by atoms with van der Waals surface area (Å²) >= 11 is 2.49. The van der Waals surface area contributed by atoms with E-state index in [1.54, 1.807) is 6.92 Å². The molecular weight excluding hydrogens is 263 g/mol. The topological polar surface area (TPSA) is 63.1 Å². The van der Waals surface area contributed by atoms with Gasteiger partial charge in [0.1, 0.15) is 11.6 Å². The first-order chi connectivity index (χ1) is 8.06. The van der Waals surface area contributed by atoms with Crippen molar-refractivity contribution in [1.29, 1.82) is 0 Å². The van der Waals surface area contributed by atoms with E-state index in [-0.39, 0.29) is 5.56 Å². The average molecular weight is 270 g/mol. The van der Waals surface area contributed by atoms with E-state index in [0.29, 0.717) is 15.1 Å². The minimum absolute atomic E-state index is 0.337. The summed E-state index contributed by atoms with van der Waals surface area (Å²) < 4.78 is 17.9. The van der Waals surface area contributed by atoms with Crippen molar-refractivity contribution >= 4 is 29.3 Å². The number of benzene rings is 1. The summed E-state index contributed by atoms with van der Waals surface area (Å²) in [4.78, 5) is 15.5. The van der Waals surface area contributed by atoms with Gasteiger partial charge in [0.05, 0.1) is 5.56 Å². The molecule has 0 saturated heterocycles. The van der Waals surface area contributed by atoms with Gasteiger partial charge >= 0.3 is 5.97 Å². The number of aromatic carboxylic acids is 1. The molecule has 0 aliphatic carbocycles. The Morgan fingerprint density at radius 2 is 2.29 bits per heavy atom. The summed E-state index contributed by atoms with van der Waals surface area (Å²) in [7, 11) is 0. The van der Waals surface area contributed by atoms with Gasteiger partial charge in [0.15, 0.2) is 4.34 Å². The monoisotopic (exact) mass is 270 g/mol. The molecule has 0 amide bonds. The molecule has 0 fully saturated rings. The highest BCUT2D eigenvalue weighted by molar-refractivity contribution is 8.01. The van der Waals surface area contributed by atoms with Crippen LogP contribution in [0.25, 0.3) is 0 Å². The van der Waals surface area contributed by atoms with Crippen LogP contribution in [0, 0.1) is 12.7 Å². The van der Waals surface area contributed by atoms with Gasteiger partial charge in [-0.3, -0.25) is 0 Å². The quantitative estimate of drug-likeness (QED) is 0.929. The zero-order chi connectivity index (χ0) is 12.4. The van der Waals surface area contributed by atoms with Crippen molar-refractivity contribution in [3.05, 3.63) is 35.4 Å². The van der Waals surface area contributed by atoms with Gasteiger partial charge in [0.2, 0.25) is 0 Å². The standard InChI is InChI=1S/C10H7FN2O2S2/c1-5-12-10(17-13-5)16-6-2-3-8(11)7(4-6)9(14)15/h2-4H,1H3,(H,14,15). The first-order valence-corrected chi connectivity index (χ1v) is 6.16. The average Bonchev–Trinajstić information content (AvgIpc) is 2.66. The molecule has 0 aliphatic rings. The molecule has 0 aliphatic heterocycles. The number of carboxylic acid groups (broad SMARTS) is 1. The highest BCUT2D eigenvalue weighted by Crippen LogP contribution is 2.30. The molecule has 2 aromatic rings. The summed E-state index contributed by atoms with van der Waals surface area (Å²) in [5.41, 5.74) is -0.337. The summed E-state index contributed by atoms with van der Waals surface area (Å²) in [5, 5.41) is 8.79. The Bertz CT molecular complexity index is 571. The molecule has 2 rings (SSSR count). The van der Waals surface area contributed by atoms with Crippen molar-refractivity contribution in [1.82, 2.24) is 9.36 Å². The first kappa shape index (κ1) is 12.0. The van der Waals surface area contributed by atoms with Crippen LogP contribution in [0.1, 0.15) is 16.2 Å². The van der Waals surface area contributed by atoms with Crippen LogP contribution in [-0.2, 0) is 0 Å². The van der Waals surface area contributed by atoms with E-state index in [4.69, 9.17) is 5.11 Å². The fourth-order valence-corrected chi connectivity index (χ4v) is 2.82. The van der Waals surface area contributed by atoms with Crippen LogP contribution >= 0.6 is 23.3 Å². The molecule has 0 radical (unpaired) electrons. The summed E-state index contributed by atoms with van der Waals surface area (Å²) in [6.45, 7) is 1.77. The Hall–Kier alpha value is -1.47. The van der Waals surface area contributed by atoms with Crippen molar-refractivity contribution in [3.8, 4) is 0 Å². The van der Waals surface area contributed by atoms with Gasteiger partial charge in [-0.1, -0.05) is 11.8 Å². The molecule has 1 N–H and O–H groups in total. The fraction of sp³-hybridized carbons (Fsp3) is 0.100. The fourth-order valence-electron chi connectivity index (χ4n) is 1.15. The number of aromatic nitrogens is 2. The van der Waals surface area contributed by atoms with Gasteiger partial charge in [0.25, 0.3) is 0 Å². The lowest BCUT2D eigenvalue weighted by atomic mass is 10.2. The molecular formula is C10H7FN2O2S2. The second-order valence-electron chi connectivity index (χ2n) is 3.16. The number of hydrogen-bond donors (Lipinski definition) is 1. The van der Waals surface area contributed by atoms with Gasteiger partial charge in [-0.2, -0.15) is 4.37 Å². The van der Waals surface area contributed by atoms with E-state index >= 15 is 0 Å².